The topological polar surface area (TPSA) is 117 Å². The summed E-state index contributed by atoms with van der Waals surface area (Å²) < 4.78 is 31.8. The predicted molar refractivity (Wildman–Crippen MR) is 123 cm³/mol. The Morgan fingerprint density at radius 2 is 1.35 bits per heavy atom. The second kappa shape index (κ2) is 21.4. The van der Waals surface area contributed by atoms with Crippen LogP contribution in [0.2, 0.25) is 0 Å². The third-order valence-corrected chi connectivity index (χ3v) is 5.81. The number of phosphoric acid groups is 1. The number of ether oxygens (including phenoxy) is 2. The van der Waals surface area contributed by atoms with Crippen LogP contribution in [0.4, 0.5) is 0 Å². The lowest BCUT2D eigenvalue weighted by molar-refractivity contribution is -0.151. The molecule has 0 aliphatic heterocycles. The van der Waals surface area contributed by atoms with E-state index in [4.69, 9.17) is 19.7 Å². The number of rotatable bonds is 23. The molecule has 0 bridgehead atoms. The molecule has 0 saturated carbocycles. The van der Waals surface area contributed by atoms with Crippen LogP contribution in [0.25, 0.3) is 0 Å². The second-order valence-corrected chi connectivity index (χ2v) is 9.39. The van der Waals surface area contributed by atoms with Crippen LogP contribution >= 0.6 is 7.82 Å². The Morgan fingerprint density at radius 1 is 0.839 bits per heavy atom. The van der Waals surface area contributed by atoms with E-state index in [1.54, 1.807) is 0 Å². The van der Waals surface area contributed by atoms with E-state index < -0.39 is 19.9 Å². The minimum atomic E-state index is -4.21. The van der Waals surface area contributed by atoms with Crippen LogP contribution in [0.5, 0.6) is 0 Å². The first-order chi connectivity index (χ1) is 14.9. The van der Waals surface area contributed by atoms with Crippen molar-refractivity contribution >= 4 is 13.8 Å². The van der Waals surface area contributed by atoms with E-state index in [0.29, 0.717) is 6.61 Å². The molecule has 0 heterocycles. The molecule has 0 aliphatic rings. The third kappa shape index (κ3) is 22.5. The first kappa shape index (κ1) is 30.5. The van der Waals surface area contributed by atoms with Crippen LogP contribution in [0.15, 0.2) is 0 Å². The zero-order valence-electron chi connectivity index (χ0n) is 19.7. The Hall–Kier alpha value is -0.500. The van der Waals surface area contributed by atoms with Crippen LogP contribution in [-0.2, 0) is 27.9 Å². The van der Waals surface area contributed by atoms with Gasteiger partial charge in [0.05, 0.1) is 19.8 Å². The van der Waals surface area contributed by atoms with Crippen LogP contribution in [0.3, 0.4) is 0 Å². The van der Waals surface area contributed by atoms with Gasteiger partial charge in [0, 0.05) is 20.1 Å². The fourth-order valence-electron chi connectivity index (χ4n) is 3.17. The monoisotopic (exact) mass is 467 g/mol. The first-order valence-corrected chi connectivity index (χ1v) is 13.5. The number of hydrogen-bond donors (Lipinski definition) is 2. The maximum absolute atomic E-state index is 11.7. The van der Waals surface area contributed by atoms with Gasteiger partial charge in [-0.2, -0.15) is 0 Å². The molecule has 31 heavy (non-hydrogen) atoms. The van der Waals surface area contributed by atoms with Gasteiger partial charge in [0.1, 0.15) is 6.10 Å². The van der Waals surface area contributed by atoms with Gasteiger partial charge >= 0.3 is 13.8 Å². The molecule has 0 rings (SSSR count). The van der Waals surface area contributed by atoms with E-state index in [1.807, 2.05) is 0 Å². The molecule has 0 aromatic rings. The number of carbonyl (C=O) groups is 1. The molecule has 0 fully saturated rings. The van der Waals surface area contributed by atoms with Crippen molar-refractivity contribution in [3.63, 3.8) is 0 Å². The van der Waals surface area contributed by atoms with Crippen molar-refractivity contribution in [2.75, 3.05) is 33.0 Å². The van der Waals surface area contributed by atoms with Crippen molar-refractivity contribution in [1.82, 2.24) is 0 Å². The molecule has 0 aromatic carbocycles. The quantitative estimate of drug-likeness (QED) is 0.121. The number of nitrogens with two attached hydrogens (primary N) is 1. The Balaban J connectivity index is 3.66. The van der Waals surface area contributed by atoms with Gasteiger partial charge in [0.25, 0.3) is 0 Å². The highest BCUT2D eigenvalue weighted by atomic mass is 31.2. The largest absolute Gasteiger partial charge is 0.472 e. The number of hydrogen-bond acceptors (Lipinski definition) is 7. The summed E-state index contributed by atoms with van der Waals surface area (Å²) in [5.74, 6) is -0.506. The van der Waals surface area contributed by atoms with E-state index in [9.17, 15) is 14.3 Å². The van der Waals surface area contributed by atoms with E-state index in [0.717, 1.165) is 12.8 Å². The number of unbranched alkanes of at least 4 members (excludes halogenated alkanes) is 12. The van der Waals surface area contributed by atoms with E-state index in [-0.39, 0.29) is 26.4 Å². The van der Waals surface area contributed by atoms with Crippen LogP contribution in [0.1, 0.15) is 97.3 Å². The normalized spacial score (nSPS) is 14.3. The standard InChI is InChI=1S/C22H46NO7P/c1-3-4-5-6-7-8-9-10-11-12-13-14-15-17-27-19-22(30-21(2)24)20-29-31(25,26)28-18-16-23/h22H,3-20,23H2,1-2H3,(H,25,26). The first-order valence-electron chi connectivity index (χ1n) is 12.0. The highest BCUT2D eigenvalue weighted by Crippen LogP contribution is 2.43. The molecule has 0 radical (unpaired) electrons. The summed E-state index contributed by atoms with van der Waals surface area (Å²) in [7, 11) is -4.21. The lowest BCUT2D eigenvalue weighted by Crippen LogP contribution is -2.27. The van der Waals surface area contributed by atoms with Crippen molar-refractivity contribution in [2.24, 2.45) is 5.73 Å². The minimum Gasteiger partial charge on any atom is -0.458 e. The van der Waals surface area contributed by atoms with E-state index >= 15 is 0 Å². The van der Waals surface area contributed by atoms with Gasteiger partial charge in [-0.15, -0.1) is 0 Å². The summed E-state index contributed by atoms with van der Waals surface area (Å²) in [5.41, 5.74) is 5.23. The Morgan fingerprint density at radius 3 is 1.84 bits per heavy atom. The van der Waals surface area contributed by atoms with Crippen LogP contribution in [0, 0.1) is 0 Å². The summed E-state index contributed by atoms with van der Waals surface area (Å²) in [6.07, 6.45) is 15.9. The van der Waals surface area contributed by atoms with Gasteiger partial charge in [0.15, 0.2) is 0 Å². The van der Waals surface area contributed by atoms with E-state index in [1.165, 1.54) is 77.6 Å². The van der Waals surface area contributed by atoms with Gasteiger partial charge < -0.3 is 20.1 Å². The fraction of sp³-hybridized carbons (Fsp3) is 0.955. The fourth-order valence-corrected chi connectivity index (χ4v) is 3.94. The molecule has 3 N–H and O–H groups in total. The van der Waals surface area contributed by atoms with Gasteiger partial charge in [-0.25, -0.2) is 4.57 Å². The average molecular weight is 468 g/mol. The molecule has 2 atom stereocenters. The molecular weight excluding hydrogens is 421 g/mol. The molecule has 0 amide bonds. The molecule has 186 valence electrons. The third-order valence-electron chi connectivity index (χ3n) is 4.82. The Labute approximate surface area is 189 Å². The number of phosphoric ester groups is 1. The van der Waals surface area contributed by atoms with Crippen molar-refractivity contribution in [2.45, 2.75) is 103 Å². The summed E-state index contributed by atoms with van der Waals surface area (Å²) in [6, 6.07) is 0. The SMILES string of the molecule is CCCCCCCCCCCCCCCOCC(COP(=O)(O)OCCN)OC(C)=O. The number of esters is 1. The van der Waals surface area contributed by atoms with Crippen LogP contribution < -0.4 is 5.73 Å². The zero-order valence-corrected chi connectivity index (χ0v) is 20.6. The van der Waals surface area contributed by atoms with Crippen molar-refractivity contribution < 1.29 is 32.8 Å². The summed E-state index contributed by atoms with van der Waals surface area (Å²) >= 11 is 0. The Kier molecular flexibility index (Phi) is 21.0. The lowest BCUT2D eigenvalue weighted by atomic mass is 10.0. The van der Waals surface area contributed by atoms with Crippen molar-refractivity contribution in [1.29, 1.82) is 0 Å². The molecule has 2 unspecified atom stereocenters. The second-order valence-electron chi connectivity index (χ2n) is 7.94. The minimum absolute atomic E-state index is 0.0957. The zero-order chi connectivity index (χ0) is 23.2. The van der Waals surface area contributed by atoms with Crippen molar-refractivity contribution in [3.05, 3.63) is 0 Å². The summed E-state index contributed by atoms with van der Waals surface area (Å²) in [5, 5.41) is 0. The molecule has 0 aliphatic carbocycles. The molecule has 0 spiro atoms. The predicted octanol–water partition coefficient (Wildman–Crippen LogP) is 5.12. The van der Waals surface area contributed by atoms with Crippen LogP contribution in [-0.4, -0.2) is 49.9 Å². The molecular formula is C22H46NO7P. The smallest absolute Gasteiger partial charge is 0.458 e. The van der Waals surface area contributed by atoms with Gasteiger partial charge in [-0.3, -0.25) is 13.8 Å². The summed E-state index contributed by atoms with van der Waals surface area (Å²) in [6.45, 7) is 3.90. The Bertz CT molecular complexity index is 465. The van der Waals surface area contributed by atoms with Gasteiger partial charge in [-0.05, 0) is 6.42 Å². The highest BCUT2D eigenvalue weighted by molar-refractivity contribution is 7.47. The number of carbonyl (C=O) groups excluding carboxylic acids is 1. The van der Waals surface area contributed by atoms with E-state index in [2.05, 4.69) is 11.4 Å². The van der Waals surface area contributed by atoms with Gasteiger partial charge in [-0.1, -0.05) is 84.0 Å². The maximum atomic E-state index is 11.7. The highest BCUT2D eigenvalue weighted by Gasteiger charge is 2.24. The van der Waals surface area contributed by atoms with Gasteiger partial charge in [0.2, 0.25) is 0 Å². The molecule has 8 nitrogen and oxygen atoms in total. The molecule has 9 heteroatoms. The molecule has 0 aromatic heterocycles. The lowest BCUT2D eigenvalue weighted by Gasteiger charge is -2.19. The maximum Gasteiger partial charge on any atom is 0.472 e. The molecule has 0 saturated heterocycles. The summed E-state index contributed by atoms with van der Waals surface area (Å²) in [4.78, 5) is 20.7. The average Bonchev–Trinajstić information content (AvgIpc) is 2.73. The van der Waals surface area contributed by atoms with Crippen molar-refractivity contribution in [3.8, 4) is 0 Å².